The number of aromatic nitrogens is 3. The van der Waals surface area contributed by atoms with E-state index in [0.717, 1.165) is 18.4 Å². The average molecular weight is 396 g/mol. The Hall–Kier alpha value is -3.03. The summed E-state index contributed by atoms with van der Waals surface area (Å²) in [6, 6.07) is 3.59. The predicted molar refractivity (Wildman–Crippen MR) is 105 cm³/mol. The van der Waals surface area contributed by atoms with Crippen LogP contribution < -0.4 is 5.56 Å². The van der Waals surface area contributed by atoms with Crippen molar-refractivity contribution in [2.75, 3.05) is 13.1 Å². The Kier molecular flexibility index (Phi) is 4.94. The van der Waals surface area contributed by atoms with E-state index in [9.17, 15) is 19.5 Å². The number of likely N-dealkylation sites (tertiary alicyclic amines) is 1. The second kappa shape index (κ2) is 7.42. The molecule has 2 aliphatic rings. The van der Waals surface area contributed by atoms with E-state index in [0.29, 0.717) is 30.0 Å². The standard InChI is InChI=1S/C21H24N4O4/c1-13-16(19(27)24-18(23-13)14-4-3-9-22-10-14)6-7-17(26)25-11-15-5-2-8-21(15,12-25)20(28)29/h3-4,9-10,15H,2,5-8,11-12H2,1H3,(H,28,29)(H,23,24,27)/t15-,21+/m0/s1. The molecule has 1 saturated heterocycles. The minimum absolute atomic E-state index is 0.0366. The number of amides is 1. The maximum atomic E-state index is 12.7. The second-order valence-corrected chi connectivity index (χ2v) is 8.04. The van der Waals surface area contributed by atoms with Gasteiger partial charge in [0.2, 0.25) is 5.91 Å². The molecule has 2 atom stereocenters. The van der Waals surface area contributed by atoms with Crippen LogP contribution in [0, 0.1) is 18.3 Å². The molecule has 0 bridgehead atoms. The van der Waals surface area contributed by atoms with E-state index in [1.807, 2.05) is 6.07 Å². The van der Waals surface area contributed by atoms with E-state index in [2.05, 4.69) is 15.0 Å². The van der Waals surface area contributed by atoms with Gasteiger partial charge in [0, 0.05) is 48.7 Å². The number of carboxylic acids is 1. The van der Waals surface area contributed by atoms with E-state index in [-0.39, 0.29) is 36.8 Å². The summed E-state index contributed by atoms with van der Waals surface area (Å²) in [5, 5.41) is 9.68. The normalized spacial score (nSPS) is 23.2. The number of hydrogen-bond acceptors (Lipinski definition) is 5. The van der Waals surface area contributed by atoms with Crippen molar-refractivity contribution >= 4 is 11.9 Å². The van der Waals surface area contributed by atoms with Crippen molar-refractivity contribution < 1.29 is 14.7 Å². The summed E-state index contributed by atoms with van der Waals surface area (Å²) >= 11 is 0. The largest absolute Gasteiger partial charge is 0.481 e. The number of aryl methyl sites for hydroxylation is 1. The molecule has 0 spiro atoms. The van der Waals surface area contributed by atoms with Crippen molar-refractivity contribution in [1.82, 2.24) is 19.9 Å². The van der Waals surface area contributed by atoms with Crippen LogP contribution in [-0.4, -0.2) is 49.9 Å². The summed E-state index contributed by atoms with van der Waals surface area (Å²) < 4.78 is 0. The number of H-pyrrole nitrogens is 1. The molecule has 4 rings (SSSR count). The van der Waals surface area contributed by atoms with Crippen molar-refractivity contribution in [3.8, 4) is 11.4 Å². The van der Waals surface area contributed by atoms with Gasteiger partial charge in [-0.3, -0.25) is 19.4 Å². The van der Waals surface area contributed by atoms with Crippen molar-refractivity contribution in [2.45, 2.75) is 39.0 Å². The van der Waals surface area contributed by atoms with Crippen LogP contribution >= 0.6 is 0 Å². The van der Waals surface area contributed by atoms with E-state index in [4.69, 9.17) is 0 Å². The van der Waals surface area contributed by atoms with E-state index >= 15 is 0 Å². The third-order valence-electron chi connectivity index (χ3n) is 6.40. The molecule has 0 aromatic carbocycles. The first-order chi connectivity index (χ1) is 13.9. The lowest BCUT2D eigenvalue weighted by molar-refractivity contribution is -0.149. The third kappa shape index (κ3) is 3.43. The number of nitrogens with one attached hydrogen (secondary N) is 1. The Bertz CT molecular complexity index is 1000. The number of carbonyl (C=O) groups is 2. The maximum Gasteiger partial charge on any atom is 0.311 e. The highest BCUT2D eigenvalue weighted by Gasteiger charge is 2.55. The minimum Gasteiger partial charge on any atom is -0.481 e. The molecular weight excluding hydrogens is 372 g/mol. The molecule has 8 nitrogen and oxygen atoms in total. The lowest BCUT2D eigenvalue weighted by atomic mass is 9.81. The molecule has 2 N–H and O–H groups in total. The molecule has 0 radical (unpaired) electrons. The van der Waals surface area contributed by atoms with Gasteiger partial charge in [-0.25, -0.2) is 4.98 Å². The van der Waals surface area contributed by atoms with Crippen LogP contribution in [0.4, 0.5) is 0 Å². The summed E-state index contributed by atoms with van der Waals surface area (Å²) in [6.45, 7) is 2.53. The highest BCUT2D eigenvalue weighted by Crippen LogP contribution is 2.49. The van der Waals surface area contributed by atoms with Gasteiger partial charge in [-0.05, 0) is 44.2 Å². The second-order valence-electron chi connectivity index (χ2n) is 8.04. The van der Waals surface area contributed by atoms with E-state index in [1.54, 1.807) is 30.3 Å². The summed E-state index contributed by atoms with van der Waals surface area (Å²) in [5.41, 5.74) is 0.747. The smallest absolute Gasteiger partial charge is 0.311 e. The first kappa shape index (κ1) is 19.3. The van der Waals surface area contributed by atoms with Crippen molar-refractivity contribution in [2.24, 2.45) is 11.3 Å². The van der Waals surface area contributed by atoms with Crippen LogP contribution in [0.1, 0.15) is 36.9 Å². The van der Waals surface area contributed by atoms with Crippen LogP contribution in [0.3, 0.4) is 0 Å². The van der Waals surface area contributed by atoms with Gasteiger partial charge in [0.05, 0.1) is 5.41 Å². The number of aliphatic carboxylic acids is 1. The fourth-order valence-electron chi connectivity index (χ4n) is 4.76. The van der Waals surface area contributed by atoms with Crippen LogP contribution in [0.25, 0.3) is 11.4 Å². The van der Waals surface area contributed by atoms with Crippen LogP contribution in [0.5, 0.6) is 0 Å². The SMILES string of the molecule is Cc1nc(-c2cccnc2)[nH]c(=O)c1CCC(=O)N1C[C@@H]2CCC[C@@]2(C(=O)O)C1. The molecule has 8 heteroatoms. The van der Waals surface area contributed by atoms with Gasteiger partial charge in [0.25, 0.3) is 5.56 Å². The lowest BCUT2D eigenvalue weighted by Crippen LogP contribution is -2.37. The molecule has 29 heavy (non-hydrogen) atoms. The van der Waals surface area contributed by atoms with Crippen molar-refractivity contribution in [3.05, 3.63) is 46.1 Å². The molecule has 2 aromatic heterocycles. The number of rotatable bonds is 5. The number of nitrogens with zero attached hydrogens (tertiary/aromatic N) is 3. The molecule has 2 fully saturated rings. The number of fused-ring (bicyclic) bond motifs is 1. The Labute approximate surface area is 168 Å². The van der Waals surface area contributed by atoms with Gasteiger partial charge in [-0.1, -0.05) is 6.42 Å². The van der Waals surface area contributed by atoms with E-state index < -0.39 is 11.4 Å². The third-order valence-corrected chi connectivity index (χ3v) is 6.40. The Balaban J connectivity index is 1.45. The fourth-order valence-corrected chi connectivity index (χ4v) is 4.76. The summed E-state index contributed by atoms with van der Waals surface area (Å²) in [6.07, 6.45) is 6.12. The molecular formula is C21H24N4O4. The molecule has 1 saturated carbocycles. The van der Waals surface area contributed by atoms with E-state index in [1.165, 1.54) is 0 Å². The van der Waals surface area contributed by atoms with Crippen molar-refractivity contribution in [3.63, 3.8) is 0 Å². The highest BCUT2D eigenvalue weighted by molar-refractivity contribution is 5.81. The first-order valence-corrected chi connectivity index (χ1v) is 9.92. The molecule has 2 aromatic rings. The van der Waals surface area contributed by atoms with Crippen LogP contribution in [0.2, 0.25) is 0 Å². The summed E-state index contributed by atoms with van der Waals surface area (Å²) in [7, 11) is 0. The molecule has 1 amide bonds. The van der Waals surface area contributed by atoms with Gasteiger partial charge in [0.1, 0.15) is 5.82 Å². The van der Waals surface area contributed by atoms with Gasteiger partial charge < -0.3 is 15.0 Å². The molecule has 3 heterocycles. The van der Waals surface area contributed by atoms with Crippen LogP contribution in [0.15, 0.2) is 29.3 Å². The Morgan fingerprint density at radius 2 is 2.24 bits per heavy atom. The van der Waals surface area contributed by atoms with Crippen molar-refractivity contribution in [1.29, 1.82) is 0 Å². The highest BCUT2D eigenvalue weighted by atomic mass is 16.4. The van der Waals surface area contributed by atoms with Gasteiger partial charge in [-0.15, -0.1) is 0 Å². The van der Waals surface area contributed by atoms with Crippen LogP contribution in [-0.2, 0) is 16.0 Å². The zero-order valence-corrected chi connectivity index (χ0v) is 16.4. The monoisotopic (exact) mass is 396 g/mol. The number of hydrogen-bond donors (Lipinski definition) is 2. The maximum absolute atomic E-state index is 12.7. The number of aromatic amines is 1. The quantitative estimate of drug-likeness (QED) is 0.796. The zero-order valence-electron chi connectivity index (χ0n) is 16.4. The predicted octanol–water partition coefficient (Wildman–Crippen LogP) is 1.79. The number of carboxylic acid groups (broad SMARTS) is 1. The van der Waals surface area contributed by atoms with Gasteiger partial charge >= 0.3 is 5.97 Å². The number of carbonyl (C=O) groups excluding carboxylic acids is 1. The molecule has 1 aliphatic heterocycles. The van der Waals surface area contributed by atoms with Gasteiger partial charge in [-0.2, -0.15) is 0 Å². The minimum atomic E-state index is -0.794. The summed E-state index contributed by atoms with van der Waals surface area (Å²) in [5.74, 6) is -0.408. The van der Waals surface area contributed by atoms with Gasteiger partial charge in [0.15, 0.2) is 0 Å². The topological polar surface area (TPSA) is 116 Å². The average Bonchev–Trinajstić information content (AvgIpc) is 3.26. The zero-order chi connectivity index (χ0) is 20.6. The lowest BCUT2D eigenvalue weighted by Gasteiger charge is -2.23. The number of pyridine rings is 1. The Morgan fingerprint density at radius 1 is 1.41 bits per heavy atom. The Morgan fingerprint density at radius 3 is 2.90 bits per heavy atom. The summed E-state index contributed by atoms with van der Waals surface area (Å²) in [4.78, 5) is 50.0. The molecule has 1 aliphatic carbocycles. The molecule has 152 valence electrons. The molecule has 0 unspecified atom stereocenters. The first-order valence-electron chi connectivity index (χ1n) is 9.92. The fraction of sp³-hybridized carbons (Fsp3) is 0.476.